The fourth-order valence-corrected chi connectivity index (χ4v) is 3.72. The summed E-state index contributed by atoms with van der Waals surface area (Å²) in [4.78, 5) is 24.5. The fourth-order valence-electron chi connectivity index (χ4n) is 3.72. The summed E-state index contributed by atoms with van der Waals surface area (Å²) in [6.07, 6.45) is -5.31. The van der Waals surface area contributed by atoms with Crippen LogP contribution in [0.1, 0.15) is 54.7 Å². The van der Waals surface area contributed by atoms with Gasteiger partial charge in [0, 0.05) is 36.3 Å². The van der Waals surface area contributed by atoms with Crippen molar-refractivity contribution in [1.82, 2.24) is 25.3 Å². The first-order chi connectivity index (χ1) is 15.9. The van der Waals surface area contributed by atoms with E-state index in [-0.39, 0.29) is 41.7 Å². The number of hydrogen-bond donors (Lipinski definition) is 3. The van der Waals surface area contributed by atoms with Crippen molar-refractivity contribution in [2.24, 2.45) is 7.05 Å². The van der Waals surface area contributed by atoms with Crippen molar-refractivity contribution in [3.63, 3.8) is 0 Å². The highest BCUT2D eigenvalue weighted by atomic mass is 19.4. The molecule has 2 aromatic rings. The van der Waals surface area contributed by atoms with Gasteiger partial charge < -0.3 is 20.1 Å². The van der Waals surface area contributed by atoms with Crippen molar-refractivity contribution in [3.8, 4) is 5.88 Å². The Morgan fingerprint density at radius 1 is 1.29 bits per heavy atom. The van der Waals surface area contributed by atoms with Gasteiger partial charge in [0.15, 0.2) is 12.4 Å². The number of H-pyrrole nitrogens is 1. The molecule has 0 unspecified atom stereocenters. The smallest absolute Gasteiger partial charge is 0.422 e. The van der Waals surface area contributed by atoms with Gasteiger partial charge in [-0.1, -0.05) is 0 Å². The molecule has 3 N–H and O–H groups in total. The van der Waals surface area contributed by atoms with Crippen LogP contribution in [0.5, 0.6) is 5.88 Å². The lowest BCUT2D eigenvalue weighted by molar-refractivity contribution is -0.154. The van der Waals surface area contributed by atoms with Crippen molar-refractivity contribution in [2.75, 3.05) is 11.9 Å². The Kier molecular flexibility index (Phi) is 6.16. The summed E-state index contributed by atoms with van der Waals surface area (Å²) >= 11 is 0. The second-order valence-electron chi connectivity index (χ2n) is 8.87. The highest BCUT2D eigenvalue weighted by Gasteiger charge is 2.42. The lowest BCUT2D eigenvalue weighted by Crippen LogP contribution is -2.38. The molecular weight excluding hydrogens is 464 g/mol. The van der Waals surface area contributed by atoms with Crippen LogP contribution in [0.2, 0.25) is 0 Å². The maximum Gasteiger partial charge on any atom is 0.422 e. The normalized spacial score (nSPS) is 23.4. The molecule has 186 valence electrons. The van der Waals surface area contributed by atoms with Gasteiger partial charge in [0.2, 0.25) is 5.88 Å². The number of alkyl carbamates (subject to hydrolysis) is 1. The Bertz CT molecular complexity index is 1060. The van der Waals surface area contributed by atoms with Crippen molar-refractivity contribution >= 4 is 17.8 Å². The fraction of sp³-hybridized carbons (Fsp3) is 0.600. The topological polar surface area (TPSA) is 123 Å². The van der Waals surface area contributed by atoms with E-state index in [1.54, 1.807) is 0 Å². The van der Waals surface area contributed by atoms with Crippen molar-refractivity contribution in [1.29, 1.82) is 0 Å². The van der Waals surface area contributed by atoms with Crippen LogP contribution in [0.4, 0.5) is 28.2 Å². The van der Waals surface area contributed by atoms with Crippen LogP contribution in [0, 0.1) is 0 Å². The first-order valence-electron chi connectivity index (χ1n) is 10.6. The van der Waals surface area contributed by atoms with E-state index in [1.165, 1.54) is 13.1 Å². The van der Waals surface area contributed by atoms with Crippen LogP contribution in [-0.2, 0) is 11.8 Å². The summed E-state index contributed by atoms with van der Waals surface area (Å²) in [5, 5.41) is 15.7. The number of rotatable bonds is 7. The van der Waals surface area contributed by atoms with E-state index in [4.69, 9.17) is 4.74 Å². The van der Waals surface area contributed by atoms with E-state index in [0.717, 1.165) is 23.6 Å². The number of aromatic amines is 1. The van der Waals surface area contributed by atoms with Gasteiger partial charge >= 0.3 is 12.3 Å². The maximum atomic E-state index is 14.5. The Hall–Kier alpha value is -3.32. The molecule has 2 amide bonds. The standard InChI is InChI=1S/C20H24F4N6O4/c1-19(3-4-19)26-18(32)34-14-6-10(5-11(14)21)12-7-15(28-27-12)25-17(31)13-8-16(29-30(13)2)33-9-20(22,23)24/h7-8,10-11,14H,3-6,9H2,1-2H3,(H,26,32)(H2,25,27,28,31)/t10-,11+,14-/m0/s1. The lowest BCUT2D eigenvalue weighted by atomic mass is 10.0. The van der Waals surface area contributed by atoms with E-state index >= 15 is 0 Å². The van der Waals surface area contributed by atoms with Gasteiger partial charge in [-0.15, -0.1) is 5.10 Å². The lowest BCUT2D eigenvalue weighted by Gasteiger charge is -2.17. The van der Waals surface area contributed by atoms with Crippen molar-refractivity contribution in [3.05, 3.63) is 23.5 Å². The number of aryl methyl sites for hydroxylation is 1. The summed E-state index contributed by atoms with van der Waals surface area (Å²) in [5.41, 5.74) is 0.240. The van der Waals surface area contributed by atoms with E-state index in [0.29, 0.717) is 5.69 Å². The van der Waals surface area contributed by atoms with Gasteiger partial charge in [0.05, 0.1) is 0 Å². The minimum Gasteiger partial charge on any atom is -0.467 e. The molecule has 10 nitrogen and oxygen atoms in total. The molecule has 2 aliphatic carbocycles. The minimum atomic E-state index is -4.53. The average molecular weight is 488 g/mol. The molecule has 14 heteroatoms. The summed E-state index contributed by atoms with van der Waals surface area (Å²) in [6.45, 7) is 0.359. The molecule has 3 atom stereocenters. The summed E-state index contributed by atoms with van der Waals surface area (Å²) < 4.78 is 62.2. The van der Waals surface area contributed by atoms with Crippen LogP contribution >= 0.6 is 0 Å². The van der Waals surface area contributed by atoms with E-state index in [2.05, 4.69) is 30.7 Å². The summed E-state index contributed by atoms with van der Waals surface area (Å²) in [5.74, 6) is -1.19. The Labute approximate surface area is 191 Å². The first-order valence-corrected chi connectivity index (χ1v) is 10.6. The number of alkyl halides is 4. The number of aromatic nitrogens is 4. The Morgan fingerprint density at radius 3 is 2.71 bits per heavy atom. The SMILES string of the molecule is Cn1nc(OCC(F)(F)F)cc1C(=O)Nc1cc([C@H]2C[C@@H](F)[C@@H](OC(=O)NC3(C)CC3)C2)[nH]n1. The number of halogens is 4. The van der Waals surface area contributed by atoms with E-state index in [9.17, 15) is 27.2 Å². The third kappa shape index (κ3) is 5.78. The van der Waals surface area contributed by atoms with Crippen molar-refractivity contribution in [2.45, 2.75) is 62.5 Å². The number of carbonyl (C=O) groups is 2. The molecule has 0 aromatic carbocycles. The van der Waals surface area contributed by atoms with Gasteiger partial charge in [0.25, 0.3) is 5.91 Å². The molecule has 0 aliphatic heterocycles. The third-order valence-electron chi connectivity index (χ3n) is 5.85. The molecule has 0 radical (unpaired) electrons. The number of nitrogens with zero attached hydrogens (tertiary/aromatic N) is 3. The van der Waals surface area contributed by atoms with Crippen LogP contribution < -0.4 is 15.4 Å². The van der Waals surface area contributed by atoms with Crippen LogP contribution in [0.3, 0.4) is 0 Å². The predicted octanol–water partition coefficient (Wildman–Crippen LogP) is 3.20. The van der Waals surface area contributed by atoms with Gasteiger partial charge in [-0.3, -0.25) is 14.6 Å². The predicted molar refractivity (Wildman–Crippen MR) is 109 cm³/mol. The second kappa shape index (κ2) is 8.80. The molecule has 2 heterocycles. The number of carbonyl (C=O) groups excluding carboxylic acids is 2. The number of ether oxygens (including phenoxy) is 2. The number of amides is 2. The molecule has 4 rings (SSSR count). The van der Waals surface area contributed by atoms with Crippen LogP contribution in [0.25, 0.3) is 0 Å². The summed E-state index contributed by atoms with van der Waals surface area (Å²) in [7, 11) is 1.38. The third-order valence-corrected chi connectivity index (χ3v) is 5.85. The molecular formula is C20H24F4N6O4. The van der Waals surface area contributed by atoms with Gasteiger partial charge in [0.1, 0.15) is 18.0 Å². The van der Waals surface area contributed by atoms with Gasteiger partial charge in [-0.2, -0.15) is 18.3 Å². The molecule has 2 saturated carbocycles. The molecule has 0 spiro atoms. The number of hydrogen-bond acceptors (Lipinski definition) is 6. The van der Waals surface area contributed by atoms with Crippen molar-refractivity contribution < 1.29 is 36.6 Å². The van der Waals surface area contributed by atoms with E-state index in [1.807, 2.05) is 6.92 Å². The maximum absolute atomic E-state index is 14.5. The van der Waals surface area contributed by atoms with Gasteiger partial charge in [-0.05, 0) is 32.6 Å². The average Bonchev–Trinajstić information content (AvgIpc) is 3.09. The molecule has 2 aliphatic rings. The first kappa shape index (κ1) is 23.8. The zero-order valence-electron chi connectivity index (χ0n) is 18.4. The molecule has 0 saturated heterocycles. The number of nitrogens with one attached hydrogen (secondary N) is 3. The molecule has 2 fully saturated rings. The quantitative estimate of drug-likeness (QED) is 0.515. The second-order valence-corrected chi connectivity index (χ2v) is 8.87. The highest BCUT2D eigenvalue weighted by Crippen LogP contribution is 2.39. The minimum absolute atomic E-state index is 0.0461. The van der Waals surface area contributed by atoms with Crippen LogP contribution in [0.15, 0.2) is 12.1 Å². The zero-order chi connectivity index (χ0) is 24.7. The molecule has 34 heavy (non-hydrogen) atoms. The Balaban J connectivity index is 1.32. The monoisotopic (exact) mass is 488 g/mol. The zero-order valence-corrected chi connectivity index (χ0v) is 18.4. The summed E-state index contributed by atoms with van der Waals surface area (Å²) in [6, 6.07) is 2.61. The van der Waals surface area contributed by atoms with Crippen LogP contribution in [-0.4, -0.2) is 62.6 Å². The Morgan fingerprint density at radius 2 is 2.03 bits per heavy atom. The number of anilines is 1. The van der Waals surface area contributed by atoms with E-state index < -0.39 is 37.1 Å². The highest BCUT2D eigenvalue weighted by molar-refractivity contribution is 6.02. The molecule has 2 aromatic heterocycles. The molecule has 0 bridgehead atoms. The largest absolute Gasteiger partial charge is 0.467 e. The van der Waals surface area contributed by atoms with Gasteiger partial charge in [-0.25, -0.2) is 9.18 Å².